The highest BCUT2D eigenvalue weighted by Gasteiger charge is 2.08. The Labute approximate surface area is 115 Å². The second-order valence-electron chi connectivity index (χ2n) is 4.44. The van der Waals surface area contributed by atoms with E-state index in [-0.39, 0.29) is 0 Å². The summed E-state index contributed by atoms with van der Waals surface area (Å²) in [6, 6.07) is 3.86. The molecule has 0 aliphatic carbocycles. The smallest absolute Gasteiger partial charge is 0.179 e. The quantitative estimate of drug-likeness (QED) is 0.728. The maximum Gasteiger partial charge on any atom is 0.179 e. The van der Waals surface area contributed by atoms with Crippen LogP contribution >= 0.6 is 12.2 Å². The zero-order valence-electron chi connectivity index (χ0n) is 10.7. The van der Waals surface area contributed by atoms with Crippen molar-refractivity contribution in [1.29, 1.82) is 0 Å². The monoisotopic (exact) mass is 271 g/mol. The van der Waals surface area contributed by atoms with Crippen molar-refractivity contribution >= 4 is 23.4 Å². The number of pyridine rings is 1. The van der Waals surface area contributed by atoms with Gasteiger partial charge in [-0.05, 0) is 43.8 Å². The molecule has 0 aromatic carbocycles. The highest BCUT2D eigenvalue weighted by atomic mass is 32.1. The van der Waals surface area contributed by atoms with E-state index in [1.807, 2.05) is 30.5 Å². The summed E-state index contributed by atoms with van der Waals surface area (Å²) in [5.41, 5.74) is 3.90. The highest BCUT2D eigenvalue weighted by Crippen LogP contribution is 2.16. The van der Waals surface area contributed by atoms with Gasteiger partial charge in [-0.1, -0.05) is 0 Å². The van der Waals surface area contributed by atoms with Gasteiger partial charge in [0.1, 0.15) is 5.82 Å². The predicted octanol–water partition coefficient (Wildman–Crippen LogP) is 2.55. The van der Waals surface area contributed by atoms with E-state index in [1.54, 1.807) is 12.4 Å². The third-order valence-electron chi connectivity index (χ3n) is 3.03. The highest BCUT2D eigenvalue weighted by molar-refractivity contribution is 7.71. The molecule has 3 heterocycles. The zero-order chi connectivity index (χ0) is 13.4. The molecule has 0 aliphatic rings. The molecule has 0 spiro atoms. The largest absolute Gasteiger partial charge is 0.329 e. The van der Waals surface area contributed by atoms with Crippen molar-refractivity contribution in [3.63, 3.8) is 0 Å². The van der Waals surface area contributed by atoms with Crippen LogP contribution in [0.4, 0.5) is 0 Å². The Morgan fingerprint density at radius 3 is 2.79 bits per heavy atom. The molecule has 0 saturated carbocycles. The van der Waals surface area contributed by atoms with E-state index >= 15 is 0 Å². The molecular formula is C13H13N5S. The minimum absolute atomic E-state index is 0.596. The number of hydrogen-bond acceptors (Lipinski definition) is 4. The number of nitrogens with zero attached hydrogens (tertiary/aromatic N) is 4. The Bertz CT molecular complexity index is 802. The number of aromatic nitrogens is 5. The fourth-order valence-electron chi connectivity index (χ4n) is 2.08. The van der Waals surface area contributed by atoms with E-state index in [0.29, 0.717) is 11.3 Å². The Hall–Kier alpha value is -2.08. The van der Waals surface area contributed by atoms with Gasteiger partial charge in [0.15, 0.2) is 10.4 Å². The van der Waals surface area contributed by atoms with Crippen molar-refractivity contribution in [1.82, 2.24) is 24.5 Å². The fourth-order valence-corrected chi connectivity index (χ4v) is 2.33. The van der Waals surface area contributed by atoms with Crippen molar-refractivity contribution in [2.45, 2.75) is 20.4 Å². The third kappa shape index (κ3) is 2.15. The molecule has 3 aromatic rings. The average molecular weight is 271 g/mol. The molecule has 3 aromatic heterocycles. The van der Waals surface area contributed by atoms with Gasteiger partial charge in [-0.3, -0.25) is 4.57 Å². The zero-order valence-corrected chi connectivity index (χ0v) is 11.5. The molecule has 6 heteroatoms. The Kier molecular flexibility index (Phi) is 2.87. The summed E-state index contributed by atoms with van der Waals surface area (Å²) in [7, 11) is 0. The maximum atomic E-state index is 5.37. The molecule has 0 aliphatic heterocycles. The van der Waals surface area contributed by atoms with Gasteiger partial charge in [0.05, 0.1) is 17.8 Å². The number of hydrogen-bond donors (Lipinski definition) is 1. The van der Waals surface area contributed by atoms with E-state index in [1.165, 1.54) is 0 Å². The SMILES string of the molecule is Cc1nccc(Cn2c(=S)[nH]c3c(C)ccnc32)n1. The fraction of sp³-hybridized carbons (Fsp3) is 0.231. The van der Waals surface area contributed by atoms with Gasteiger partial charge in [-0.15, -0.1) is 0 Å². The van der Waals surface area contributed by atoms with E-state index in [4.69, 9.17) is 12.2 Å². The van der Waals surface area contributed by atoms with Gasteiger partial charge in [-0.25, -0.2) is 15.0 Å². The third-order valence-corrected chi connectivity index (χ3v) is 3.35. The lowest BCUT2D eigenvalue weighted by molar-refractivity contribution is 0.766. The number of nitrogens with one attached hydrogen (secondary N) is 1. The normalized spacial score (nSPS) is 11.1. The van der Waals surface area contributed by atoms with Crippen molar-refractivity contribution < 1.29 is 0 Å². The standard InChI is InChI=1S/C13H13N5S/c1-8-3-5-15-12-11(8)17-13(19)18(12)7-10-4-6-14-9(2)16-10/h3-6H,7H2,1-2H3,(H,17,19). The van der Waals surface area contributed by atoms with Gasteiger partial charge >= 0.3 is 0 Å². The lowest BCUT2D eigenvalue weighted by Gasteiger charge is -2.04. The van der Waals surface area contributed by atoms with E-state index in [0.717, 1.165) is 28.2 Å². The van der Waals surface area contributed by atoms with Crippen LogP contribution in [0.1, 0.15) is 17.1 Å². The number of aromatic amines is 1. The summed E-state index contributed by atoms with van der Waals surface area (Å²) in [6.45, 7) is 4.51. The molecule has 1 N–H and O–H groups in total. The molecule has 0 bridgehead atoms. The van der Waals surface area contributed by atoms with Gasteiger partial charge < -0.3 is 4.98 Å². The Balaban J connectivity index is 2.13. The lowest BCUT2D eigenvalue weighted by atomic mass is 10.3. The predicted molar refractivity (Wildman–Crippen MR) is 75.5 cm³/mol. The second-order valence-corrected chi connectivity index (χ2v) is 4.82. The van der Waals surface area contributed by atoms with Gasteiger partial charge in [0.2, 0.25) is 0 Å². The number of aryl methyl sites for hydroxylation is 2. The molecule has 5 nitrogen and oxygen atoms in total. The van der Waals surface area contributed by atoms with Crippen LogP contribution in [-0.4, -0.2) is 24.5 Å². The molecule has 0 radical (unpaired) electrons. The molecule has 0 atom stereocenters. The number of imidazole rings is 1. The minimum atomic E-state index is 0.596. The number of fused-ring (bicyclic) bond motifs is 1. The Morgan fingerprint density at radius 1 is 1.21 bits per heavy atom. The first kappa shape index (κ1) is 12.0. The first-order valence-corrected chi connectivity index (χ1v) is 6.38. The maximum absolute atomic E-state index is 5.37. The van der Waals surface area contributed by atoms with Crippen LogP contribution < -0.4 is 0 Å². The number of H-pyrrole nitrogens is 1. The van der Waals surface area contributed by atoms with Crippen LogP contribution in [0.2, 0.25) is 0 Å². The number of rotatable bonds is 2. The van der Waals surface area contributed by atoms with E-state index in [2.05, 4.69) is 19.9 Å². The first-order valence-electron chi connectivity index (χ1n) is 5.98. The Morgan fingerprint density at radius 2 is 2.00 bits per heavy atom. The molecule has 0 saturated heterocycles. The summed E-state index contributed by atoms with van der Waals surface area (Å²) >= 11 is 5.37. The average Bonchev–Trinajstić information content (AvgIpc) is 2.69. The molecule has 3 rings (SSSR count). The second kappa shape index (κ2) is 4.55. The summed E-state index contributed by atoms with van der Waals surface area (Å²) in [5, 5.41) is 0. The van der Waals surface area contributed by atoms with Crippen LogP contribution in [0.25, 0.3) is 11.2 Å². The topological polar surface area (TPSA) is 59.4 Å². The molecule has 0 amide bonds. The molecule has 0 fully saturated rings. The van der Waals surface area contributed by atoms with Crippen LogP contribution in [0.3, 0.4) is 0 Å². The van der Waals surface area contributed by atoms with Crippen LogP contribution in [0, 0.1) is 18.6 Å². The van der Waals surface area contributed by atoms with Crippen molar-refractivity contribution in [2.75, 3.05) is 0 Å². The van der Waals surface area contributed by atoms with Gasteiger partial charge in [0, 0.05) is 12.4 Å². The van der Waals surface area contributed by atoms with Crippen molar-refractivity contribution in [3.05, 3.63) is 46.4 Å². The van der Waals surface area contributed by atoms with Crippen molar-refractivity contribution in [2.24, 2.45) is 0 Å². The molecule has 0 unspecified atom stereocenters. The molecular weight excluding hydrogens is 258 g/mol. The summed E-state index contributed by atoms with van der Waals surface area (Å²) in [5.74, 6) is 0.757. The summed E-state index contributed by atoms with van der Waals surface area (Å²) in [4.78, 5) is 16.1. The van der Waals surface area contributed by atoms with Gasteiger partial charge in [0.25, 0.3) is 0 Å². The minimum Gasteiger partial charge on any atom is -0.329 e. The first-order chi connectivity index (χ1) is 9.15. The lowest BCUT2D eigenvalue weighted by Crippen LogP contribution is -2.04. The van der Waals surface area contributed by atoms with E-state index in [9.17, 15) is 0 Å². The van der Waals surface area contributed by atoms with Crippen LogP contribution in [0.5, 0.6) is 0 Å². The summed E-state index contributed by atoms with van der Waals surface area (Å²) < 4.78 is 2.62. The van der Waals surface area contributed by atoms with Crippen LogP contribution in [0.15, 0.2) is 24.5 Å². The summed E-state index contributed by atoms with van der Waals surface area (Å²) in [6.07, 6.45) is 3.55. The molecule has 96 valence electrons. The van der Waals surface area contributed by atoms with Crippen LogP contribution in [-0.2, 0) is 6.54 Å². The van der Waals surface area contributed by atoms with Gasteiger partial charge in [-0.2, -0.15) is 0 Å². The van der Waals surface area contributed by atoms with E-state index < -0.39 is 0 Å². The molecule has 19 heavy (non-hydrogen) atoms. The van der Waals surface area contributed by atoms with Crippen molar-refractivity contribution in [3.8, 4) is 0 Å².